The summed E-state index contributed by atoms with van der Waals surface area (Å²) in [6, 6.07) is 16.3. The first kappa shape index (κ1) is 19.3. The lowest BCUT2D eigenvalue weighted by Gasteiger charge is -2.16. The van der Waals surface area contributed by atoms with Gasteiger partial charge in [-0.05, 0) is 55.3 Å². The van der Waals surface area contributed by atoms with E-state index in [0.29, 0.717) is 0 Å². The molecule has 0 heterocycles. The molecular formula is C17H22Cl2N2S. The number of hydrogen-bond donors (Lipinski definition) is 2. The van der Waals surface area contributed by atoms with E-state index in [0.717, 1.165) is 30.8 Å². The van der Waals surface area contributed by atoms with Gasteiger partial charge in [0.1, 0.15) is 0 Å². The number of halogens is 2. The van der Waals surface area contributed by atoms with Gasteiger partial charge in [-0.3, -0.25) is 0 Å². The van der Waals surface area contributed by atoms with Gasteiger partial charge in [0, 0.05) is 20.9 Å². The highest BCUT2D eigenvalue weighted by atomic mass is 35.5. The fourth-order valence-corrected chi connectivity index (χ4v) is 3.31. The van der Waals surface area contributed by atoms with E-state index in [1.807, 2.05) is 36.4 Å². The van der Waals surface area contributed by atoms with Crippen molar-refractivity contribution in [2.75, 3.05) is 6.54 Å². The van der Waals surface area contributed by atoms with E-state index in [9.17, 15) is 0 Å². The van der Waals surface area contributed by atoms with E-state index in [4.69, 9.17) is 23.1 Å². The van der Waals surface area contributed by atoms with E-state index < -0.39 is 0 Å². The molecule has 0 fully saturated rings. The molecule has 0 aliphatic rings. The Morgan fingerprint density at radius 3 is 2.36 bits per heavy atom. The summed E-state index contributed by atoms with van der Waals surface area (Å²) in [5, 5.41) is 0.756. The van der Waals surface area contributed by atoms with Gasteiger partial charge in [0.05, 0.1) is 0 Å². The first-order valence-electron chi connectivity index (χ1n) is 7.18. The zero-order valence-corrected chi connectivity index (χ0v) is 14.8. The predicted octanol–water partition coefficient (Wildman–Crippen LogP) is 5.04. The van der Waals surface area contributed by atoms with Crippen LogP contribution in [0.15, 0.2) is 58.3 Å². The van der Waals surface area contributed by atoms with Crippen LogP contribution in [0.4, 0.5) is 0 Å². The molecule has 2 nitrogen and oxygen atoms in total. The van der Waals surface area contributed by atoms with Crippen LogP contribution in [0.5, 0.6) is 0 Å². The van der Waals surface area contributed by atoms with Gasteiger partial charge in [0.15, 0.2) is 0 Å². The van der Waals surface area contributed by atoms with Crippen molar-refractivity contribution in [1.29, 1.82) is 0 Å². The molecule has 0 radical (unpaired) electrons. The van der Waals surface area contributed by atoms with Crippen LogP contribution < -0.4 is 11.5 Å². The standard InChI is InChI=1S/C17H21ClN2S.ClH/c18-13-8-10-14(11-9-13)21-17-7-2-1-5-15(17)16(20)6-3-4-12-19;/h1-2,5,7-11,16H,3-4,6,12,19-20H2;1H/t16-;/m0./s1. The number of rotatable bonds is 7. The number of hydrogen-bond acceptors (Lipinski definition) is 3. The monoisotopic (exact) mass is 356 g/mol. The summed E-state index contributed by atoms with van der Waals surface area (Å²) < 4.78 is 0. The Kier molecular flexibility index (Phi) is 8.91. The Morgan fingerprint density at radius 2 is 1.68 bits per heavy atom. The third-order valence-electron chi connectivity index (χ3n) is 3.33. The second-order valence-electron chi connectivity index (χ2n) is 4.98. The number of benzene rings is 2. The third kappa shape index (κ3) is 5.82. The largest absolute Gasteiger partial charge is 0.330 e. The summed E-state index contributed by atoms with van der Waals surface area (Å²) in [5.41, 5.74) is 13.1. The van der Waals surface area contributed by atoms with Crippen LogP contribution in [-0.4, -0.2) is 6.54 Å². The molecule has 0 unspecified atom stereocenters. The van der Waals surface area contributed by atoms with Gasteiger partial charge in [-0.2, -0.15) is 0 Å². The fourth-order valence-electron chi connectivity index (χ4n) is 2.17. The Labute approximate surface area is 148 Å². The highest BCUT2D eigenvalue weighted by Gasteiger charge is 2.11. The quantitative estimate of drug-likeness (QED) is 0.683. The Bertz CT molecular complexity index is 561. The summed E-state index contributed by atoms with van der Waals surface area (Å²) in [5.74, 6) is 0. The van der Waals surface area contributed by atoms with Gasteiger partial charge < -0.3 is 11.5 Å². The minimum absolute atomic E-state index is 0. The normalized spacial score (nSPS) is 11.8. The van der Waals surface area contributed by atoms with Crippen LogP contribution in [0.3, 0.4) is 0 Å². The summed E-state index contributed by atoms with van der Waals surface area (Å²) in [7, 11) is 0. The highest BCUT2D eigenvalue weighted by molar-refractivity contribution is 7.99. The molecule has 22 heavy (non-hydrogen) atoms. The Balaban J connectivity index is 0.00000242. The maximum Gasteiger partial charge on any atom is 0.0406 e. The van der Waals surface area contributed by atoms with E-state index >= 15 is 0 Å². The van der Waals surface area contributed by atoms with Crippen molar-refractivity contribution in [1.82, 2.24) is 0 Å². The average Bonchev–Trinajstić information content (AvgIpc) is 2.50. The number of nitrogens with two attached hydrogens (primary N) is 2. The van der Waals surface area contributed by atoms with E-state index in [-0.39, 0.29) is 18.4 Å². The van der Waals surface area contributed by atoms with E-state index in [1.165, 1.54) is 15.4 Å². The maximum absolute atomic E-state index is 6.34. The van der Waals surface area contributed by atoms with Gasteiger partial charge in [0.2, 0.25) is 0 Å². The van der Waals surface area contributed by atoms with Crippen LogP contribution in [0.2, 0.25) is 5.02 Å². The Hall–Kier alpha value is -0.710. The molecular weight excluding hydrogens is 335 g/mol. The zero-order valence-electron chi connectivity index (χ0n) is 12.4. The first-order chi connectivity index (χ1) is 10.2. The highest BCUT2D eigenvalue weighted by Crippen LogP contribution is 2.34. The van der Waals surface area contributed by atoms with Crippen molar-refractivity contribution in [3.63, 3.8) is 0 Å². The molecule has 120 valence electrons. The minimum atomic E-state index is 0. The molecule has 0 saturated carbocycles. The SMILES string of the molecule is Cl.NCCCC[C@H](N)c1ccccc1Sc1ccc(Cl)cc1. The molecule has 0 amide bonds. The van der Waals surface area contributed by atoms with Gasteiger partial charge in [0.25, 0.3) is 0 Å². The summed E-state index contributed by atoms with van der Waals surface area (Å²) >= 11 is 7.65. The molecule has 0 saturated heterocycles. The van der Waals surface area contributed by atoms with E-state index in [1.54, 1.807) is 11.8 Å². The fraction of sp³-hybridized carbons (Fsp3) is 0.294. The Morgan fingerprint density at radius 1 is 1.00 bits per heavy atom. The van der Waals surface area contributed by atoms with Crippen molar-refractivity contribution in [2.45, 2.75) is 35.1 Å². The third-order valence-corrected chi connectivity index (χ3v) is 4.68. The molecule has 2 aromatic rings. The van der Waals surface area contributed by atoms with Gasteiger partial charge >= 0.3 is 0 Å². The van der Waals surface area contributed by atoms with Crippen LogP contribution in [-0.2, 0) is 0 Å². The molecule has 0 spiro atoms. The lowest BCUT2D eigenvalue weighted by Crippen LogP contribution is -2.12. The molecule has 0 bridgehead atoms. The summed E-state index contributed by atoms with van der Waals surface area (Å²) in [6.45, 7) is 0.730. The van der Waals surface area contributed by atoms with Gasteiger partial charge in [-0.15, -0.1) is 12.4 Å². The second kappa shape index (κ2) is 10.1. The first-order valence-corrected chi connectivity index (χ1v) is 8.38. The van der Waals surface area contributed by atoms with Crippen LogP contribution in [0.1, 0.15) is 30.9 Å². The molecule has 1 atom stereocenters. The lowest BCUT2D eigenvalue weighted by molar-refractivity contribution is 0.584. The minimum Gasteiger partial charge on any atom is -0.330 e. The van der Waals surface area contributed by atoms with E-state index in [2.05, 4.69) is 12.1 Å². The summed E-state index contributed by atoms with van der Waals surface area (Å²) in [6.07, 6.45) is 3.06. The van der Waals surface area contributed by atoms with Crippen molar-refractivity contribution < 1.29 is 0 Å². The summed E-state index contributed by atoms with van der Waals surface area (Å²) in [4.78, 5) is 2.38. The van der Waals surface area contributed by atoms with Crippen LogP contribution in [0.25, 0.3) is 0 Å². The van der Waals surface area contributed by atoms with Crippen molar-refractivity contribution in [3.05, 3.63) is 59.1 Å². The van der Waals surface area contributed by atoms with Crippen molar-refractivity contribution >= 4 is 35.8 Å². The number of unbranched alkanes of at least 4 members (excludes halogenated alkanes) is 1. The molecule has 0 aliphatic heterocycles. The van der Waals surface area contributed by atoms with Crippen LogP contribution >= 0.6 is 35.8 Å². The molecule has 2 aromatic carbocycles. The molecule has 0 aromatic heterocycles. The average molecular weight is 357 g/mol. The molecule has 2 rings (SSSR count). The second-order valence-corrected chi connectivity index (χ2v) is 6.54. The van der Waals surface area contributed by atoms with Gasteiger partial charge in [-0.1, -0.05) is 48.0 Å². The molecule has 4 N–H and O–H groups in total. The van der Waals surface area contributed by atoms with Crippen molar-refractivity contribution in [2.24, 2.45) is 11.5 Å². The predicted molar refractivity (Wildman–Crippen MR) is 99.1 cm³/mol. The van der Waals surface area contributed by atoms with Gasteiger partial charge in [-0.25, -0.2) is 0 Å². The lowest BCUT2D eigenvalue weighted by atomic mass is 10.0. The maximum atomic E-state index is 6.34. The topological polar surface area (TPSA) is 52.0 Å². The molecule has 0 aliphatic carbocycles. The smallest absolute Gasteiger partial charge is 0.0406 e. The zero-order chi connectivity index (χ0) is 15.1. The van der Waals surface area contributed by atoms with Crippen LogP contribution in [0, 0.1) is 0 Å². The molecule has 5 heteroatoms. The van der Waals surface area contributed by atoms with Crippen molar-refractivity contribution in [3.8, 4) is 0 Å².